The van der Waals surface area contributed by atoms with E-state index in [-0.39, 0.29) is 0 Å². The zero-order valence-electron chi connectivity index (χ0n) is 16.8. The molecule has 0 saturated heterocycles. The number of nitrogens with zero attached hydrogens (tertiary/aromatic N) is 3. The van der Waals surface area contributed by atoms with Crippen LogP contribution >= 0.6 is 0 Å². The minimum Gasteiger partial charge on any atom is -0.283 e. The molecule has 0 unspecified atom stereocenters. The normalized spacial score (nSPS) is 11.6. The zero-order chi connectivity index (χ0) is 21.4. The molecule has 3 aromatic carbocycles. The number of hydrogen-bond acceptors (Lipinski definition) is 4. The second-order valence-electron chi connectivity index (χ2n) is 7.35. The van der Waals surface area contributed by atoms with E-state index in [2.05, 4.69) is 17.1 Å². The Morgan fingerprint density at radius 1 is 0.742 bits per heavy atom. The van der Waals surface area contributed by atoms with Gasteiger partial charge in [-0.1, -0.05) is 72.8 Å². The molecular weight excluding hydrogens is 406 g/mol. The summed E-state index contributed by atoms with van der Waals surface area (Å²) in [5, 5.41) is 0. The maximum atomic E-state index is 11.8. The van der Waals surface area contributed by atoms with Crippen LogP contribution in [0.5, 0.6) is 0 Å². The zero-order valence-corrected chi connectivity index (χ0v) is 17.6. The molecule has 5 aromatic rings. The minimum atomic E-state index is -3.24. The molecule has 31 heavy (non-hydrogen) atoms. The Bertz CT molecular complexity index is 1480. The second-order valence-corrected chi connectivity index (χ2v) is 9.36. The van der Waals surface area contributed by atoms with Crippen molar-refractivity contribution < 1.29 is 8.42 Å². The number of aromatic nitrogens is 3. The molecule has 0 aliphatic heterocycles. The van der Waals surface area contributed by atoms with E-state index >= 15 is 0 Å². The topological polar surface area (TPSA) is 64.3 Å². The molecule has 0 spiro atoms. The van der Waals surface area contributed by atoms with Crippen LogP contribution in [0.25, 0.3) is 39.4 Å². The Hall–Kier alpha value is -3.77. The first kappa shape index (κ1) is 19.2. The van der Waals surface area contributed by atoms with E-state index in [1.54, 1.807) is 30.5 Å². The van der Waals surface area contributed by atoms with Crippen LogP contribution in [-0.2, 0) is 9.84 Å². The highest BCUT2D eigenvalue weighted by Gasteiger charge is 2.15. The van der Waals surface area contributed by atoms with E-state index in [1.165, 1.54) is 6.26 Å². The van der Waals surface area contributed by atoms with Gasteiger partial charge in [0.25, 0.3) is 0 Å². The molecule has 6 heteroatoms. The number of sulfone groups is 1. The molecule has 2 aromatic heterocycles. The monoisotopic (exact) mass is 425 g/mol. The van der Waals surface area contributed by atoms with Crippen molar-refractivity contribution in [3.63, 3.8) is 0 Å². The van der Waals surface area contributed by atoms with Crippen LogP contribution in [0.15, 0.2) is 102 Å². The summed E-state index contributed by atoms with van der Waals surface area (Å²) in [6, 6.07) is 27.0. The number of benzene rings is 3. The maximum absolute atomic E-state index is 11.8. The van der Waals surface area contributed by atoms with Crippen LogP contribution in [-0.4, -0.2) is 29.0 Å². The Kier molecular flexibility index (Phi) is 4.64. The fourth-order valence-corrected chi connectivity index (χ4v) is 4.27. The van der Waals surface area contributed by atoms with Gasteiger partial charge in [-0.25, -0.2) is 18.4 Å². The fourth-order valence-electron chi connectivity index (χ4n) is 3.64. The lowest BCUT2D eigenvalue weighted by atomic mass is 10.0. The van der Waals surface area contributed by atoms with Crippen LogP contribution in [0.4, 0.5) is 0 Å². The number of imidazole rings is 1. The highest BCUT2D eigenvalue weighted by molar-refractivity contribution is 7.90. The van der Waals surface area contributed by atoms with Crippen molar-refractivity contribution in [3.05, 3.63) is 97.3 Å². The summed E-state index contributed by atoms with van der Waals surface area (Å²) >= 11 is 0. The van der Waals surface area contributed by atoms with Gasteiger partial charge < -0.3 is 0 Å². The molecule has 0 amide bonds. The Balaban J connectivity index is 1.72. The van der Waals surface area contributed by atoms with Gasteiger partial charge in [0.05, 0.1) is 22.5 Å². The van der Waals surface area contributed by atoms with Crippen LogP contribution < -0.4 is 0 Å². The minimum absolute atomic E-state index is 0.291. The van der Waals surface area contributed by atoms with Gasteiger partial charge >= 0.3 is 0 Å². The van der Waals surface area contributed by atoms with Crippen LogP contribution in [0.2, 0.25) is 0 Å². The van der Waals surface area contributed by atoms with Crippen molar-refractivity contribution in [2.45, 2.75) is 4.90 Å². The predicted octanol–water partition coefficient (Wildman–Crippen LogP) is 5.13. The summed E-state index contributed by atoms with van der Waals surface area (Å²) in [6.07, 6.45) is 5.02. The van der Waals surface area contributed by atoms with Crippen molar-refractivity contribution in [1.29, 1.82) is 0 Å². The summed E-state index contributed by atoms with van der Waals surface area (Å²) in [4.78, 5) is 9.69. The fraction of sp³-hybridized carbons (Fsp3) is 0.0400. The second kappa shape index (κ2) is 7.49. The quantitative estimate of drug-likeness (QED) is 0.400. The van der Waals surface area contributed by atoms with Crippen molar-refractivity contribution in [2.24, 2.45) is 0 Å². The van der Waals surface area contributed by atoms with Crippen molar-refractivity contribution in [2.75, 3.05) is 6.26 Å². The van der Waals surface area contributed by atoms with Crippen LogP contribution in [0, 0.1) is 0 Å². The van der Waals surface area contributed by atoms with Gasteiger partial charge in [0.15, 0.2) is 9.84 Å². The smallest absolute Gasteiger partial charge is 0.234 e. The molecular formula is C25H19N3O2S. The third kappa shape index (κ3) is 3.62. The lowest BCUT2D eigenvalue weighted by Crippen LogP contribution is -1.98. The maximum Gasteiger partial charge on any atom is 0.234 e. The van der Waals surface area contributed by atoms with E-state index in [1.807, 2.05) is 59.1 Å². The predicted molar refractivity (Wildman–Crippen MR) is 122 cm³/mol. The molecule has 0 radical (unpaired) electrons. The number of fused-ring (bicyclic) bond motifs is 1. The van der Waals surface area contributed by atoms with E-state index in [0.29, 0.717) is 10.7 Å². The van der Waals surface area contributed by atoms with E-state index in [9.17, 15) is 8.42 Å². The van der Waals surface area contributed by atoms with Gasteiger partial charge in [0.2, 0.25) is 5.78 Å². The molecule has 0 aliphatic rings. The molecule has 0 aliphatic carbocycles. The van der Waals surface area contributed by atoms with Crippen molar-refractivity contribution >= 4 is 15.6 Å². The van der Waals surface area contributed by atoms with Crippen molar-refractivity contribution in [3.8, 4) is 33.6 Å². The lowest BCUT2D eigenvalue weighted by molar-refractivity contribution is 0.602. The van der Waals surface area contributed by atoms with Gasteiger partial charge in [-0.15, -0.1) is 0 Å². The number of rotatable bonds is 4. The molecule has 0 fully saturated rings. The third-order valence-corrected chi connectivity index (χ3v) is 6.34. The summed E-state index contributed by atoms with van der Waals surface area (Å²) in [6.45, 7) is 0. The van der Waals surface area contributed by atoms with Gasteiger partial charge in [-0.2, -0.15) is 0 Å². The lowest BCUT2D eigenvalue weighted by Gasteiger charge is -2.12. The standard InChI is InChI=1S/C25H19N3O2S/c1-31(29,30)21-14-12-19(13-15-21)23-16-26-25-27-24(20-10-6-3-7-11-20)22(17-28(23)25)18-8-4-2-5-9-18/h2-17H,1H3. The Morgan fingerprint density at radius 3 is 1.97 bits per heavy atom. The Morgan fingerprint density at radius 2 is 1.35 bits per heavy atom. The molecule has 5 rings (SSSR count). The highest BCUT2D eigenvalue weighted by atomic mass is 32.2. The third-order valence-electron chi connectivity index (χ3n) is 5.21. The average molecular weight is 426 g/mol. The SMILES string of the molecule is CS(=O)(=O)c1ccc(-c2cnc3nc(-c4ccccc4)c(-c4ccccc4)cn23)cc1. The van der Waals surface area contributed by atoms with Crippen molar-refractivity contribution in [1.82, 2.24) is 14.4 Å². The van der Waals surface area contributed by atoms with Gasteiger partial charge in [0.1, 0.15) is 0 Å². The first-order valence-electron chi connectivity index (χ1n) is 9.80. The molecule has 152 valence electrons. The molecule has 5 nitrogen and oxygen atoms in total. The van der Waals surface area contributed by atoms with Crippen LogP contribution in [0.1, 0.15) is 0 Å². The molecule has 0 bridgehead atoms. The average Bonchev–Trinajstić information content (AvgIpc) is 3.22. The molecule has 2 heterocycles. The highest BCUT2D eigenvalue weighted by Crippen LogP contribution is 2.32. The molecule has 0 N–H and O–H groups in total. The number of hydrogen-bond donors (Lipinski definition) is 0. The van der Waals surface area contributed by atoms with Crippen LogP contribution in [0.3, 0.4) is 0 Å². The first-order chi connectivity index (χ1) is 15.0. The van der Waals surface area contributed by atoms with E-state index < -0.39 is 9.84 Å². The van der Waals surface area contributed by atoms with Gasteiger partial charge in [-0.05, 0) is 17.7 Å². The summed E-state index contributed by atoms with van der Waals surface area (Å²) in [5.41, 5.74) is 5.65. The van der Waals surface area contributed by atoms with E-state index in [4.69, 9.17) is 4.98 Å². The Labute approximate surface area is 180 Å². The largest absolute Gasteiger partial charge is 0.283 e. The van der Waals surface area contributed by atoms with E-state index in [0.717, 1.165) is 33.6 Å². The molecule has 0 saturated carbocycles. The summed E-state index contributed by atoms with van der Waals surface area (Å²) < 4.78 is 25.5. The van der Waals surface area contributed by atoms with Gasteiger partial charge in [0, 0.05) is 29.1 Å². The first-order valence-corrected chi connectivity index (χ1v) is 11.7. The molecule has 0 atom stereocenters. The van der Waals surface area contributed by atoms with Gasteiger partial charge in [-0.3, -0.25) is 4.40 Å². The summed E-state index contributed by atoms with van der Waals surface area (Å²) in [5.74, 6) is 0.584. The summed E-state index contributed by atoms with van der Waals surface area (Å²) in [7, 11) is -3.24.